The maximum Gasteiger partial charge on any atom is 0.140 e. The number of rotatable bonds is 5. The van der Waals surface area contributed by atoms with Crippen LogP contribution in [0.3, 0.4) is 0 Å². The Labute approximate surface area is 198 Å². The molecule has 1 aliphatic carbocycles. The van der Waals surface area contributed by atoms with E-state index in [4.69, 9.17) is 27.9 Å². The van der Waals surface area contributed by atoms with Crippen LogP contribution in [0.1, 0.15) is 49.2 Å². The molecule has 0 unspecified atom stereocenters. The van der Waals surface area contributed by atoms with Crippen LogP contribution >= 0.6 is 23.2 Å². The summed E-state index contributed by atoms with van der Waals surface area (Å²) in [6.07, 6.45) is 4.90. The van der Waals surface area contributed by atoms with E-state index in [0.717, 1.165) is 47.8 Å². The van der Waals surface area contributed by atoms with Gasteiger partial charge in [0.2, 0.25) is 0 Å². The van der Waals surface area contributed by atoms with Crippen LogP contribution in [0, 0.1) is 0 Å². The van der Waals surface area contributed by atoms with Crippen molar-refractivity contribution < 1.29 is 9.84 Å². The van der Waals surface area contributed by atoms with Crippen LogP contribution in [-0.4, -0.2) is 44.8 Å². The van der Waals surface area contributed by atoms with Crippen molar-refractivity contribution in [1.29, 1.82) is 0 Å². The first-order chi connectivity index (χ1) is 15.4. The zero-order valence-corrected chi connectivity index (χ0v) is 19.7. The fraction of sp³-hybridized carbons (Fsp3) is 0.400. The molecule has 3 atom stereocenters. The summed E-state index contributed by atoms with van der Waals surface area (Å²) in [7, 11) is 0. The van der Waals surface area contributed by atoms with Gasteiger partial charge in [0, 0.05) is 52.7 Å². The Hall–Kier alpha value is -2.05. The average molecular weight is 472 g/mol. The molecule has 1 fully saturated rings. The molecule has 3 aromatic rings. The molecule has 5 nitrogen and oxygen atoms in total. The zero-order valence-electron chi connectivity index (χ0n) is 18.2. The Morgan fingerprint density at radius 3 is 2.62 bits per heavy atom. The lowest BCUT2D eigenvalue weighted by molar-refractivity contribution is 0.0818. The molecule has 1 N–H and O–H groups in total. The van der Waals surface area contributed by atoms with Gasteiger partial charge in [0.25, 0.3) is 0 Å². The van der Waals surface area contributed by atoms with Crippen molar-refractivity contribution in [2.45, 2.75) is 50.9 Å². The molecule has 2 aliphatic rings. The van der Waals surface area contributed by atoms with Gasteiger partial charge in [-0.1, -0.05) is 37.0 Å². The number of fused-ring (bicyclic) bond motifs is 1. The molecule has 1 aromatic heterocycles. The van der Waals surface area contributed by atoms with Crippen LogP contribution in [0.25, 0.3) is 5.69 Å². The summed E-state index contributed by atoms with van der Waals surface area (Å²) in [5.41, 5.74) is 3.18. The monoisotopic (exact) mass is 471 g/mol. The van der Waals surface area contributed by atoms with Gasteiger partial charge in [-0.3, -0.25) is 4.90 Å². The lowest BCUT2D eigenvalue weighted by Crippen LogP contribution is -2.39. The molecule has 7 heteroatoms. The number of benzene rings is 2. The largest absolute Gasteiger partial charge is 0.484 e. The summed E-state index contributed by atoms with van der Waals surface area (Å²) in [6, 6.07) is 12.0. The Morgan fingerprint density at radius 1 is 1.16 bits per heavy atom. The van der Waals surface area contributed by atoms with Crippen molar-refractivity contribution in [2.75, 3.05) is 13.1 Å². The molecular weight excluding hydrogens is 445 g/mol. The Balaban J connectivity index is 1.44. The summed E-state index contributed by atoms with van der Waals surface area (Å²) in [5, 5.41) is 11.4. The Bertz CT molecular complexity index is 1110. The van der Waals surface area contributed by atoms with Crippen LogP contribution in [0.5, 0.6) is 5.75 Å². The van der Waals surface area contributed by atoms with Gasteiger partial charge in [-0.25, -0.2) is 4.98 Å². The lowest BCUT2D eigenvalue weighted by atomic mass is 10.1. The van der Waals surface area contributed by atoms with Crippen molar-refractivity contribution in [1.82, 2.24) is 14.5 Å². The third-order valence-electron chi connectivity index (χ3n) is 6.49. The van der Waals surface area contributed by atoms with Gasteiger partial charge in [0.15, 0.2) is 0 Å². The molecule has 32 heavy (non-hydrogen) atoms. The highest BCUT2D eigenvalue weighted by Crippen LogP contribution is 2.43. The Morgan fingerprint density at radius 2 is 1.94 bits per heavy atom. The van der Waals surface area contributed by atoms with E-state index >= 15 is 0 Å². The van der Waals surface area contributed by atoms with Gasteiger partial charge in [0.05, 0.1) is 12.1 Å². The predicted octanol–water partition coefficient (Wildman–Crippen LogP) is 5.41. The van der Waals surface area contributed by atoms with E-state index < -0.39 is 0 Å². The van der Waals surface area contributed by atoms with Gasteiger partial charge < -0.3 is 14.4 Å². The predicted molar refractivity (Wildman–Crippen MR) is 127 cm³/mol. The molecule has 0 spiro atoms. The van der Waals surface area contributed by atoms with Crippen LogP contribution in [-0.2, 0) is 6.42 Å². The van der Waals surface area contributed by atoms with Crippen molar-refractivity contribution in [3.8, 4) is 11.4 Å². The topological polar surface area (TPSA) is 50.5 Å². The highest BCUT2D eigenvalue weighted by molar-refractivity contribution is 6.35. The van der Waals surface area contributed by atoms with Crippen molar-refractivity contribution in [3.05, 3.63) is 75.8 Å². The average Bonchev–Trinajstić information content (AvgIpc) is 3.48. The van der Waals surface area contributed by atoms with Crippen molar-refractivity contribution in [3.63, 3.8) is 0 Å². The first-order valence-corrected chi connectivity index (χ1v) is 11.9. The standard InChI is InChI=1S/C25H27Cl2N3O2/c1-15(2)25-28-8-10-30(25)17-3-5-19(6-4-17)32-24-21-11-16(26)12-22(27)20(21)13-23(24)29-9-7-18(31)14-29/h3-6,8,10-12,15,18,23-24,31H,7,9,13-14H2,1-2H3/t18-,23+,24+/m1/s1. The summed E-state index contributed by atoms with van der Waals surface area (Å²) in [6.45, 7) is 5.78. The number of nitrogens with zero attached hydrogens (tertiary/aromatic N) is 3. The number of β-amino-alcohol motifs (C(OH)–C–C–N with tert-alkyl or cyclic N) is 1. The van der Waals surface area contributed by atoms with E-state index in [1.54, 1.807) is 6.07 Å². The lowest BCUT2D eigenvalue weighted by Gasteiger charge is -2.30. The number of hydrogen-bond acceptors (Lipinski definition) is 4. The molecule has 2 aromatic carbocycles. The van der Waals surface area contributed by atoms with E-state index in [-0.39, 0.29) is 18.2 Å². The molecular formula is C25H27Cl2N3O2. The normalized spacial score (nSPS) is 23.1. The van der Waals surface area contributed by atoms with E-state index in [9.17, 15) is 5.11 Å². The molecule has 5 rings (SSSR count). The molecule has 0 saturated carbocycles. The minimum atomic E-state index is -0.289. The highest BCUT2D eigenvalue weighted by atomic mass is 35.5. The van der Waals surface area contributed by atoms with Gasteiger partial charge >= 0.3 is 0 Å². The fourth-order valence-corrected chi connectivity index (χ4v) is 5.53. The summed E-state index contributed by atoms with van der Waals surface area (Å²) >= 11 is 12.9. The minimum absolute atomic E-state index is 0.110. The van der Waals surface area contributed by atoms with E-state index in [1.807, 2.05) is 30.6 Å². The second kappa shape index (κ2) is 8.71. The van der Waals surface area contributed by atoms with Crippen LogP contribution < -0.4 is 4.74 Å². The third kappa shape index (κ3) is 4.03. The zero-order chi connectivity index (χ0) is 22.4. The van der Waals surface area contributed by atoms with Crippen molar-refractivity contribution >= 4 is 23.2 Å². The number of aromatic nitrogens is 2. The van der Waals surface area contributed by atoms with Crippen LogP contribution in [0.4, 0.5) is 0 Å². The number of aliphatic hydroxyl groups is 1. The van der Waals surface area contributed by atoms with Gasteiger partial charge in [-0.15, -0.1) is 0 Å². The van der Waals surface area contributed by atoms with E-state index in [0.29, 0.717) is 22.5 Å². The number of likely N-dealkylation sites (tertiary alicyclic amines) is 1. The molecule has 168 valence electrons. The summed E-state index contributed by atoms with van der Waals surface area (Å²) in [5.74, 6) is 2.15. The molecule has 1 saturated heterocycles. The summed E-state index contributed by atoms with van der Waals surface area (Å²) < 4.78 is 8.66. The van der Waals surface area contributed by atoms with Gasteiger partial charge in [-0.05, 0) is 54.8 Å². The summed E-state index contributed by atoms with van der Waals surface area (Å²) in [4.78, 5) is 6.79. The van der Waals surface area contributed by atoms with Crippen molar-refractivity contribution in [2.24, 2.45) is 0 Å². The van der Waals surface area contributed by atoms with Gasteiger partial charge in [-0.2, -0.15) is 0 Å². The molecule has 0 radical (unpaired) electrons. The number of imidazole rings is 1. The number of aliphatic hydroxyl groups excluding tert-OH is 1. The first kappa shape index (κ1) is 21.8. The number of hydrogen-bond donors (Lipinski definition) is 1. The SMILES string of the molecule is CC(C)c1nccn1-c1ccc(O[C@H]2c3cc(Cl)cc(Cl)c3C[C@@H]2N2CC[C@@H](O)C2)cc1. The number of ether oxygens (including phenoxy) is 1. The van der Waals surface area contributed by atoms with Crippen LogP contribution in [0.15, 0.2) is 48.8 Å². The van der Waals surface area contributed by atoms with E-state index in [2.05, 4.69) is 40.4 Å². The third-order valence-corrected chi connectivity index (χ3v) is 7.05. The maximum atomic E-state index is 10.1. The molecule has 0 bridgehead atoms. The molecule has 1 aliphatic heterocycles. The molecule has 2 heterocycles. The highest BCUT2D eigenvalue weighted by Gasteiger charge is 2.41. The maximum absolute atomic E-state index is 10.1. The minimum Gasteiger partial charge on any atom is -0.484 e. The quantitative estimate of drug-likeness (QED) is 0.539. The smallest absolute Gasteiger partial charge is 0.140 e. The fourth-order valence-electron chi connectivity index (χ4n) is 4.94. The number of halogens is 2. The van der Waals surface area contributed by atoms with Gasteiger partial charge in [0.1, 0.15) is 17.7 Å². The molecule has 0 amide bonds. The second-order valence-electron chi connectivity index (χ2n) is 9.01. The first-order valence-electron chi connectivity index (χ1n) is 11.1. The van der Waals surface area contributed by atoms with E-state index in [1.165, 1.54) is 0 Å². The second-order valence-corrected chi connectivity index (χ2v) is 9.85. The van der Waals surface area contributed by atoms with Crippen LogP contribution in [0.2, 0.25) is 10.0 Å². The Kier molecular flexibility index (Phi) is 5.93.